The first kappa shape index (κ1) is 15.0. The first-order valence-electron chi connectivity index (χ1n) is 7.83. The Hall–Kier alpha value is -1.89. The van der Waals surface area contributed by atoms with E-state index in [1.54, 1.807) is 13.0 Å². The molecule has 22 heavy (non-hydrogen) atoms. The summed E-state index contributed by atoms with van der Waals surface area (Å²) in [6.07, 6.45) is 5.27. The fraction of sp³-hybridized carbons (Fsp3) is 0.667. The molecule has 0 bridgehead atoms. The molecule has 3 rings (SSSR count). The first-order chi connectivity index (χ1) is 10.5. The molecule has 120 valence electrons. The van der Waals surface area contributed by atoms with Crippen LogP contribution in [0.15, 0.2) is 10.6 Å². The number of nitrogens with zero attached hydrogens (tertiary/aromatic N) is 2. The smallest absolute Gasteiger partial charge is 0.239 e. The number of carbonyl (C=O) groups excluding carboxylic acids is 2. The number of nitrogens with one attached hydrogen (secondary N) is 1. The van der Waals surface area contributed by atoms with E-state index in [2.05, 4.69) is 10.5 Å². The molecule has 0 spiro atoms. The van der Waals surface area contributed by atoms with Crippen LogP contribution in [0.5, 0.6) is 0 Å². The lowest BCUT2D eigenvalue weighted by molar-refractivity contribution is -0.124. The van der Waals surface area contributed by atoms with Crippen molar-refractivity contribution in [1.82, 2.24) is 10.1 Å². The van der Waals surface area contributed by atoms with Gasteiger partial charge in [0, 0.05) is 12.1 Å². The first-order valence-corrected chi connectivity index (χ1v) is 7.83. The van der Waals surface area contributed by atoms with Gasteiger partial charge in [-0.05, 0) is 32.1 Å². The molecule has 0 radical (unpaired) electrons. The average Bonchev–Trinajstić information content (AvgIpc) is 3.03. The van der Waals surface area contributed by atoms with Crippen molar-refractivity contribution in [1.29, 1.82) is 0 Å². The van der Waals surface area contributed by atoms with E-state index >= 15 is 0 Å². The maximum atomic E-state index is 12.2. The lowest BCUT2D eigenvalue weighted by Crippen LogP contribution is -2.48. The second kappa shape index (κ2) is 6.08. The summed E-state index contributed by atoms with van der Waals surface area (Å²) < 4.78 is 4.93. The van der Waals surface area contributed by atoms with Gasteiger partial charge in [0.05, 0.1) is 12.6 Å². The van der Waals surface area contributed by atoms with E-state index in [4.69, 9.17) is 10.3 Å². The molecule has 2 fully saturated rings. The van der Waals surface area contributed by atoms with Crippen molar-refractivity contribution in [2.45, 2.75) is 51.1 Å². The van der Waals surface area contributed by atoms with Crippen LogP contribution >= 0.6 is 0 Å². The number of aryl methyl sites for hydroxylation is 1. The molecule has 1 saturated heterocycles. The molecule has 3 atom stereocenters. The number of aromatic nitrogens is 1. The Kier molecular flexibility index (Phi) is 4.15. The minimum Gasteiger partial charge on any atom is -0.368 e. The largest absolute Gasteiger partial charge is 0.368 e. The molecule has 2 heterocycles. The molecule has 0 aromatic carbocycles. The van der Waals surface area contributed by atoms with Crippen LogP contribution in [-0.2, 0) is 9.59 Å². The number of rotatable bonds is 4. The molecular weight excluding hydrogens is 284 g/mol. The molecule has 0 unspecified atom stereocenters. The summed E-state index contributed by atoms with van der Waals surface area (Å²) in [5.41, 5.74) is 5.53. The standard InChI is InChI=1S/C15H22N4O3/c1-9-6-13(18-22-9)17-14(20)8-19-11-5-3-2-4-10(11)7-12(19)15(16)21/h6,10-12H,2-5,7-8H2,1H3,(H2,16,21)(H,17,18,20)/t10-,11-,12-/m0/s1. The van der Waals surface area contributed by atoms with Crippen LogP contribution in [0, 0.1) is 12.8 Å². The van der Waals surface area contributed by atoms with Crippen LogP contribution in [0.1, 0.15) is 37.9 Å². The number of anilines is 1. The molecule has 1 saturated carbocycles. The van der Waals surface area contributed by atoms with Crippen molar-refractivity contribution < 1.29 is 14.1 Å². The highest BCUT2D eigenvalue weighted by Gasteiger charge is 2.44. The molecule has 1 aliphatic heterocycles. The summed E-state index contributed by atoms with van der Waals surface area (Å²) in [6, 6.07) is 1.62. The number of primary amides is 1. The van der Waals surface area contributed by atoms with Crippen LogP contribution < -0.4 is 11.1 Å². The van der Waals surface area contributed by atoms with Gasteiger partial charge in [-0.1, -0.05) is 18.0 Å². The number of fused-ring (bicyclic) bond motifs is 1. The Bertz CT molecular complexity index is 571. The molecule has 1 aromatic heterocycles. The minimum atomic E-state index is -0.335. The van der Waals surface area contributed by atoms with Gasteiger partial charge in [-0.15, -0.1) is 0 Å². The Morgan fingerprint density at radius 3 is 2.91 bits per heavy atom. The topological polar surface area (TPSA) is 101 Å². The van der Waals surface area contributed by atoms with Gasteiger partial charge < -0.3 is 15.6 Å². The number of likely N-dealkylation sites (tertiary alicyclic amines) is 1. The summed E-state index contributed by atoms with van der Waals surface area (Å²) in [5, 5.41) is 6.46. The summed E-state index contributed by atoms with van der Waals surface area (Å²) in [6.45, 7) is 1.93. The van der Waals surface area contributed by atoms with Crippen molar-refractivity contribution in [2.24, 2.45) is 11.7 Å². The SMILES string of the molecule is Cc1cc(NC(=O)CN2[C@H](C(N)=O)C[C@@H]3CCCC[C@@H]32)no1. The van der Waals surface area contributed by atoms with Gasteiger partial charge >= 0.3 is 0 Å². The highest BCUT2D eigenvalue weighted by Crippen LogP contribution is 2.39. The van der Waals surface area contributed by atoms with Crippen molar-refractivity contribution in [3.05, 3.63) is 11.8 Å². The highest BCUT2D eigenvalue weighted by atomic mass is 16.5. The van der Waals surface area contributed by atoms with E-state index in [0.717, 1.165) is 25.7 Å². The average molecular weight is 306 g/mol. The van der Waals surface area contributed by atoms with Gasteiger partial charge in [0.25, 0.3) is 0 Å². The third kappa shape index (κ3) is 2.99. The van der Waals surface area contributed by atoms with Gasteiger partial charge in [0.15, 0.2) is 5.82 Å². The van der Waals surface area contributed by atoms with Gasteiger partial charge in [-0.2, -0.15) is 0 Å². The van der Waals surface area contributed by atoms with Crippen molar-refractivity contribution in [3.8, 4) is 0 Å². The second-order valence-corrected chi connectivity index (χ2v) is 6.31. The molecule has 7 nitrogen and oxygen atoms in total. The summed E-state index contributed by atoms with van der Waals surface area (Å²) in [7, 11) is 0. The van der Waals surface area contributed by atoms with Crippen LogP contribution in [0.25, 0.3) is 0 Å². The normalized spacial score (nSPS) is 28.3. The quantitative estimate of drug-likeness (QED) is 0.865. The van der Waals surface area contributed by atoms with E-state index < -0.39 is 0 Å². The van der Waals surface area contributed by atoms with Crippen LogP contribution in [0.3, 0.4) is 0 Å². The highest BCUT2D eigenvalue weighted by molar-refractivity contribution is 5.92. The Morgan fingerprint density at radius 2 is 2.23 bits per heavy atom. The third-order valence-electron chi connectivity index (χ3n) is 4.77. The number of amides is 2. The molecule has 2 amide bonds. The molecule has 7 heteroatoms. The van der Waals surface area contributed by atoms with E-state index in [-0.39, 0.29) is 30.4 Å². The maximum absolute atomic E-state index is 12.2. The number of hydrogen-bond acceptors (Lipinski definition) is 5. The predicted molar refractivity (Wildman–Crippen MR) is 79.9 cm³/mol. The van der Waals surface area contributed by atoms with Gasteiger partial charge in [0.1, 0.15) is 5.76 Å². The Morgan fingerprint density at radius 1 is 1.45 bits per heavy atom. The number of carbonyl (C=O) groups is 2. The summed E-state index contributed by atoms with van der Waals surface area (Å²) in [4.78, 5) is 25.9. The van der Waals surface area contributed by atoms with Gasteiger partial charge in [-0.25, -0.2) is 0 Å². The molecule has 1 aliphatic carbocycles. The number of hydrogen-bond donors (Lipinski definition) is 2. The van der Waals surface area contributed by atoms with E-state index in [0.29, 0.717) is 17.5 Å². The maximum Gasteiger partial charge on any atom is 0.239 e. The fourth-order valence-corrected chi connectivity index (χ4v) is 3.83. The van der Waals surface area contributed by atoms with Crippen molar-refractivity contribution in [3.63, 3.8) is 0 Å². The zero-order chi connectivity index (χ0) is 15.7. The van der Waals surface area contributed by atoms with Crippen LogP contribution in [0.4, 0.5) is 5.82 Å². The molecule has 3 N–H and O–H groups in total. The summed E-state index contributed by atoms with van der Waals surface area (Å²) in [5.74, 6) is 0.995. The van der Waals surface area contributed by atoms with E-state index in [9.17, 15) is 9.59 Å². The fourth-order valence-electron chi connectivity index (χ4n) is 3.83. The zero-order valence-electron chi connectivity index (χ0n) is 12.7. The lowest BCUT2D eigenvalue weighted by Gasteiger charge is -2.32. The number of nitrogens with two attached hydrogens (primary N) is 1. The van der Waals surface area contributed by atoms with E-state index in [1.807, 2.05) is 4.90 Å². The van der Waals surface area contributed by atoms with Gasteiger partial charge in [0.2, 0.25) is 11.8 Å². The Balaban J connectivity index is 1.67. The van der Waals surface area contributed by atoms with Crippen molar-refractivity contribution in [2.75, 3.05) is 11.9 Å². The molecule has 1 aromatic rings. The zero-order valence-corrected chi connectivity index (χ0v) is 12.7. The second-order valence-electron chi connectivity index (χ2n) is 6.31. The predicted octanol–water partition coefficient (Wildman–Crippen LogP) is 1.04. The van der Waals surface area contributed by atoms with Crippen LogP contribution in [0.2, 0.25) is 0 Å². The Labute approximate surface area is 129 Å². The van der Waals surface area contributed by atoms with E-state index in [1.165, 1.54) is 6.42 Å². The van der Waals surface area contributed by atoms with Crippen molar-refractivity contribution >= 4 is 17.6 Å². The molecule has 2 aliphatic rings. The minimum absolute atomic E-state index is 0.167. The van der Waals surface area contributed by atoms with Crippen LogP contribution in [-0.4, -0.2) is 40.5 Å². The summed E-state index contributed by atoms with van der Waals surface area (Å²) >= 11 is 0. The lowest BCUT2D eigenvalue weighted by atomic mass is 9.85. The monoisotopic (exact) mass is 306 g/mol. The third-order valence-corrected chi connectivity index (χ3v) is 4.77. The van der Waals surface area contributed by atoms with Gasteiger partial charge in [-0.3, -0.25) is 14.5 Å². The molecular formula is C15H22N4O3.